The normalized spacial score (nSPS) is 25.6. The predicted octanol–water partition coefficient (Wildman–Crippen LogP) is 5.35. The number of aryl methyl sites for hydroxylation is 1. The molecule has 0 saturated heterocycles. The molecule has 5 unspecified atom stereocenters. The Bertz CT molecular complexity index is 1210. The van der Waals surface area contributed by atoms with E-state index >= 15 is 0 Å². The Hall–Kier alpha value is -3.11. The molecule has 3 aliphatic rings. The average Bonchev–Trinajstić information content (AvgIpc) is 3.48. The molecule has 0 spiro atoms. The molecule has 192 valence electrons. The molecule has 2 aliphatic carbocycles. The van der Waals surface area contributed by atoms with Crippen LogP contribution in [0.25, 0.3) is 0 Å². The molecule has 1 aliphatic heterocycles. The van der Waals surface area contributed by atoms with Gasteiger partial charge in [0, 0.05) is 29.4 Å². The van der Waals surface area contributed by atoms with Gasteiger partial charge < -0.3 is 14.4 Å². The topological polar surface area (TPSA) is 40.0 Å². The molecule has 3 aromatic carbocycles. The van der Waals surface area contributed by atoms with Crippen molar-refractivity contribution in [1.82, 2.24) is 0 Å². The number of ether oxygens (including phenoxy) is 2. The quantitative estimate of drug-likeness (QED) is 0.338. The maximum atomic E-state index is 14.1. The van der Waals surface area contributed by atoms with E-state index in [0.29, 0.717) is 17.9 Å². The molecule has 3 aromatic rings. The van der Waals surface area contributed by atoms with Crippen molar-refractivity contribution in [2.75, 3.05) is 13.6 Å². The number of benzene rings is 3. The highest BCUT2D eigenvalue weighted by Gasteiger charge is 2.55. The monoisotopic (exact) mass is 496 g/mol. The third-order valence-corrected chi connectivity index (χ3v) is 9.32. The van der Waals surface area contributed by atoms with Crippen LogP contribution in [0, 0.1) is 11.8 Å². The van der Waals surface area contributed by atoms with Gasteiger partial charge in [-0.25, -0.2) is 0 Å². The molecule has 1 N–H and O–H groups in total. The molecule has 6 rings (SSSR count). The Balaban J connectivity index is 1.13. The highest BCUT2D eigenvalue weighted by atomic mass is 16.5. The van der Waals surface area contributed by atoms with Crippen LogP contribution < -0.4 is 9.64 Å². The van der Waals surface area contributed by atoms with Gasteiger partial charge in [-0.05, 0) is 56.7 Å². The minimum absolute atomic E-state index is 0.0239. The molecule has 0 amide bonds. The molecule has 37 heavy (non-hydrogen) atoms. The van der Waals surface area contributed by atoms with Crippen LogP contribution >= 0.6 is 0 Å². The van der Waals surface area contributed by atoms with Crippen molar-refractivity contribution < 1.29 is 19.2 Å². The number of nitrogens with one attached hydrogen (secondary N) is 1. The summed E-state index contributed by atoms with van der Waals surface area (Å²) in [6.07, 6.45) is 7.13. The Morgan fingerprint density at radius 2 is 1.57 bits per heavy atom. The van der Waals surface area contributed by atoms with Crippen molar-refractivity contribution >= 4 is 5.97 Å². The highest BCUT2D eigenvalue weighted by Crippen LogP contribution is 2.51. The van der Waals surface area contributed by atoms with E-state index in [0.717, 1.165) is 29.0 Å². The van der Waals surface area contributed by atoms with Gasteiger partial charge in [0.25, 0.3) is 0 Å². The fourth-order valence-corrected chi connectivity index (χ4v) is 7.24. The SMILES string of the molecule is C[NH+](CCCCc1ccccc1)C1CC2CCC1C2OC(=O)C1(C)c2ccccc2Oc2ccccc21. The molecule has 0 radical (unpaired) electrons. The molecule has 2 fully saturated rings. The van der Waals surface area contributed by atoms with Crippen molar-refractivity contribution in [2.24, 2.45) is 11.8 Å². The Kier molecular flexibility index (Phi) is 6.54. The molecule has 4 heteroatoms. The van der Waals surface area contributed by atoms with Crippen LogP contribution in [-0.2, 0) is 21.4 Å². The smallest absolute Gasteiger partial charge is 0.321 e. The van der Waals surface area contributed by atoms with Crippen molar-refractivity contribution in [3.8, 4) is 11.5 Å². The summed E-state index contributed by atoms with van der Waals surface area (Å²) in [5.74, 6) is 2.28. The summed E-state index contributed by atoms with van der Waals surface area (Å²) in [7, 11) is 2.35. The van der Waals surface area contributed by atoms with Crippen LogP contribution in [0.1, 0.15) is 55.7 Å². The van der Waals surface area contributed by atoms with E-state index in [4.69, 9.17) is 9.47 Å². The maximum Gasteiger partial charge on any atom is 0.321 e. The van der Waals surface area contributed by atoms with Gasteiger partial charge >= 0.3 is 5.97 Å². The zero-order chi connectivity index (χ0) is 25.4. The van der Waals surface area contributed by atoms with Crippen molar-refractivity contribution in [3.05, 3.63) is 95.6 Å². The lowest BCUT2D eigenvalue weighted by Crippen LogP contribution is -3.13. The second-order valence-corrected chi connectivity index (χ2v) is 11.5. The fraction of sp³-hybridized carbons (Fsp3) is 0.424. The number of quaternary nitrogens is 1. The van der Waals surface area contributed by atoms with E-state index in [-0.39, 0.29) is 12.1 Å². The second kappa shape index (κ2) is 9.98. The lowest BCUT2D eigenvalue weighted by Gasteiger charge is -2.36. The van der Waals surface area contributed by atoms with Crippen LogP contribution in [0.2, 0.25) is 0 Å². The zero-order valence-electron chi connectivity index (χ0n) is 22.0. The minimum atomic E-state index is -0.876. The molecule has 4 nitrogen and oxygen atoms in total. The fourth-order valence-electron chi connectivity index (χ4n) is 7.24. The first-order chi connectivity index (χ1) is 18.1. The molecule has 2 saturated carbocycles. The summed E-state index contributed by atoms with van der Waals surface area (Å²) in [5.41, 5.74) is 2.33. The summed E-state index contributed by atoms with van der Waals surface area (Å²) in [5, 5.41) is 0. The van der Waals surface area contributed by atoms with Crippen LogP contribution in [0.3, 0.4) is 0 Å². The summed E-state index contributed by atoms with van der Waals surface area (Å²) in [6.45, 7) is 3.19. The van der Waals surface area contributed by atoms with Crippen molar-refractivity contribution in [3.63, 3.8) is 0 Å². The maximum absolute atomic E-state index is 14.1. The largest absolute Gasteiger partial charge is 0.461 e. The van der Waals surface area contributed by atoms with E-state index in [2.05, 4.69) is 37.4 Å². The number of carbonyl (C=O) groups is 1. The number of hydrogen-bond acceptors (Lipinski definition) is 3. The van der Waals surface area contributed by atoms with E-state index in [1.54, 1.807) is 4.90 Å². The van der Waals surface area contributed by atoms with E-state index in [1.807, 2.05) is 55.5 Å². The van der Waals surface area contributed by atoms with Gasteiger partial charge in [-0.15, -0.1) is 0 Å². The van der Waals surface area contributed by atoms with Crippen molar-refractivity contribution in [1.29, 1.82) is 0 Å². The van der Waals surface area contributed by atoms with Gasteiger partial charge in [0.15, 0.2) is 0 Å². The highest BCUT2D eigenvalue weighted by molar-refractivity contribution is 5.90. The van der Waals surface area contributed by atoms with Gasteiger partial charge in [-0.2, -0.15) is 0 Å². The summed E-state index contributed by atoms with van der Waals surface area (Å²) in [4.78, 5) is 15.7. The summed E-state index contributed by atoms with van der Waals surface area (Å²) in [6, 6.07) is 27.1. The average molecular weight is 497 g/mol. The van der Waals surface area contributed by atoms with Crippen molar-refractivity contribution in [2.45, 2.75) is 63.0 Å². The van der Waals surface area contributed by atoms with Crippen LogP contribution in [0.15, 0.2) is 78.9 Å². The lowest BCUT2D eigenvalue weighted by molar-refractivity contribution is -0.910. The van der Waals surface area contributed by atoms with Crippen LogP contribution in [0.4, 0.5) is 0 Å². The molecule has 2 bridgehead atoms. The molecule has 1 heterocycles. The Labute approximate surface area is 220 Å². The zero-order valence-corrected chi connectivity index (χ0v) is 22.0. The first-order valence-electron chi connectivity index (χ1n) is 14.0. The van der Waals surface area contributed by atoms with Gasteiger partial charge in [-0.1, -0.05) is 66.7 Å². The molecule has 5 atom stereocenters. The number of fused-ring (bicyclic) bond motifs is 4. The minimum Gasteiger partial charge on any atom is -0.461 e. The predicted molar refractivity (Wildman–Crippen MR) is 145 cm³/mol. The number of carbonyl (C=O) groups excluding carboxylic acids is 1. The van der Waals surface area contributed by atoms with E-state index in [1.165, 1.54) is 44.2 Å². The second-order valence-electron chi connectivity index (χ2n) is 11.5. The van der Waals surface area contributed by atoms with Crippen LogP contribution in [0.5, 0.6) is 11.5 Å². The number of unbranched alkanes of at least 4 members (excludes halogenated alkanes) is 1. The van der Waals surface area contributed by atoms with E-state index in [9.17, 15) is 4.79 Å². The van der Waals surface area contributed by atoms with Crippen LogP contribution in [-0.4, -0.2) is 31.7 Å². The first kappa shape index (κ1) is 24.2. The standard InChI is InChI=1S/C33H37NO3/c1-33(26-15-6-8-17-29(26)36-30-18-9-7-16-27(30)33)32(35)37-31-24-19-20-25(31)28(22-24)34(2)21-11-10-14-23-12-4-3-5-13-23/h3-9,12-13,15-18,24-25,28,31H,10-11,14,19-22H2,1-2H3/p+1. The third kappa shape index (κ3) is 4.35. The van der Waals surface area contributed by atoms with Gasteiger partial charge in [0.2, 0.25) is 0 Å². The third-order valence-electron chi connectivity index (χ3n) is 9.32. The lowest BCUT2D eigenvalue weighted by atomic mass is 9.74. The molecular formula is C33H38NO3+. The summed E-state index contributed by atoms with van der Waals surface area (Å²) < 4.78 is 12.7. The first-order valence-corrected chi connectivity index (χ1v) is 14.0. The number of esters is 1. The Morgan fingerprint density at radius 3 is 2.27 bits per heavy atom. The van der Waals surface area contributed by atoms with Gasteiger partial charge in [0.1, 0.15) is 23.0 Å². The van der Waals surface area contributed by atoms with E-state index < -0.39 is 5.41 Å². The summed E-state index contributed by atoms with van der Waals surface area (Å²) >= 11 is 0. The number of rotatable bonds is 8. The van der Waals surface area contributed by atoms with Gasteiger partial charge in [-0.3, -0.25) is 4.79 Å². The van der Waals surface area contributed by atoms with Gasteiger partial charge in [0.05, 0.1) is 19.6 Å². The number of para-hydroxylation sites is 2. The molecular weight excluding hydrogens is 458 g/mol. The number of hydrogen-bond donors (Lipinski definition) is 1. The Morgan fingerprint density at radius 1 is 0.919 bits per heavy atom. The molecule has 0 aromatic heterocycles.